The second-order valence-electron chi connectivity index (χ2n) is 5.68. The van der Waals surface area contributed by atoms with Crippen LogP contribution in [0.3, 0.4) is 0 Å². The Balaban J connectivity index is 1.91. The molecule has 1 unspecified atom stereocenters. The summed E-state index contributed by atoms with van der Waals surface area (Å²) in [5.74, 6) is 0.532. The van der Waals surface area contributed by atoms with E-state index in [1.54, 1.807) is 10.7 Å². The average molecular weight is 259 g/mol. The van der Waals surface area contributed by atoms with Gasteiger partial charge in [-0.15, -0.1) is 0 Å². The van der Waals surface area contributed by atoms with Crippen LogP contribution in [0.2, 0.25) is 0 Å². The fourth-order valence-corrected chi connectivity index (χ4v) is 2.92. The maximum atomic E-state index is 5.74. The first-order chi connectivity index (χ1) is 9.15. The van der Waals surface area contributed by atoms with E-state index in [2.05, 4.69) is 28.8 Å². The van der Waals surface area contributed by atoms with Crippen LogP contribution in [-0.2, 0) is 0 Å². The molecule has 0 spiro atoms. The van der Waals surface area contributed by atoms with Crippen molar-refractivity contribution in [3.63, 3.8) is 0 Å². The SMILES string of the molecule is CC(C)N1CCCC(c2cnn3cc(N)cnc23)C1. The van der Waals surface area contributed by atoms with Crippen molar-refractivity contribution < 1.29 is 0 Å². The molecule has 0 saturated carbocycles. The van der Waals surface area contributed by atoms with Gasteiger partial charge in [-0.25, -0.2) is 9.50 Å². The largest absolute Gasteiger partial charge is 0.396 e. The minimum atomic E-state index is 0.532. The number of likely N-dealkylation sites (tertiary alicyclic amines) is 1. The lowest BCUT2D eigenvalue weighted by Crippen LogP contribution is -2.39. The molecule has 1 fully saturated rings. The zero-order chi connectivity index (χ0) is 13.4. The molecule has 19 heavy (non-hydrogen) atoms. The molecular weight excluding hydrogens is 238 g/mol. The lowest BCUT2D eigenvalue weighted by molar-refractivity contribution is 0.168. The smallest absolute Gasteiger partial charge is 0.158 e. The van der Waals surface area contributed by atoms with Crippen LogP contribution in [-0.4, -0.2) is 38.6 Å². The van der Waals surface area contributed by atoms with Gasteiger partial charge in [0.15, 0.2) is 5.65 Å². The molecule has 1 aliphatic heterocycles. The van der Waals surface area contributed by atoms with Crippen LogP contribution >= 0.6 is 0 Å². The summed E-state index contributed by atoms with van der Waals surface area (Å²) >= 11 is 0. The number of anilines is 1. The molecule has 3 heterocycles. The van der Waals surface area contributed by atoms with Gasteiger partial charge in [-0.05, 0) is 33.2 Å². The van der Waals surface area contributed by atoms with Gasteiger partial charge in [0.2, 0.25) is 0 Å². The zero-order valence-corrected chi connectivity index (χ0v) is 11.6. The van der Waals surface area contributed by atoms with E-state index in [0.29, 0.717) is 17.6 Å². The first-order valence-corrected chi connectivity index (χ1v) is 6.98. The molecule has 1 atom stereocenters. The Kier molecular flexibility index (Phi) is 3.14. The molecule has 0 radical (unpaired) electrons. The monoisotopic (exact) mass is 259 g/mol. The van der Waals surface area contributed by atoms with Crippen LogP contribution < -0.4 is 5.73 Å². The second-order valence-corrected chi connectivity index (χ2v) is 5.68. The van der Waals surface area contributed by atoms with Gasteiger partial charge in [0.25, 0.3) is 0 Å². The van der Waals surface area contributed by atoms with Crippen molar-refractivity contribution in [2.24, 2.45) is 0 Å². The highest BCUT2D eigenvalue weighted by Crippen LogP contribution is 2.29. The Hall–Kier alpha value is -1.62. The highest BCUT2D eigenvalue weighted by atomic mass is 15.2. The van der Waals surface area contributed by atoms with Crippen molar-refractivity contribution >= 4 is 11.3 Å². The summed E-state index contributed by atoms with van der Waals surface area (Å²) in [5.41, 5.74) is 8.59. The van der Waals surface area contributed by atoms with Crippen LogP contribution in [0.1, 0.15) is 38.2 Å². The van der Waals surface area contributed by atoms with E-state index in [0.717, 1.165) is 12.2 Å². The second kappa shape index (κ2) is 4.81. The number of hydrogen-bond acceptors (Lipinski definition) is 4. The Morgan fingerprint density at radius 2 is 2.21 bits per heavy atom. The van der Waals surface area contributed by atoms with Crippen LogP contribution in [0.4, 0.5) is 5.69 Å². The third-order valence-corrected chi connectivity index (χ3v) is 4.03. The van der Waals surface area contributed by atoms with Gasteiger partial charge in [0, 0.05) is 24.1 Å². The van der Waals surface area contributed by atoms with E-state index in [1.165, 1.54) is 24.9 Å². The van der Waals surface area contributed by atoms with Gasteiger partial charge in [0.1, 0.15) is 0 Å². The topological polar surface area (TPSA) is 59.5 Å². The van der Waals surface area contributed by atoms with Crippen molar-refractivity contribution in [1.82, 2.24) is 19.5 Å². The molecule has 0 bridgehead atoms. The average Bonchev–Trinajstić information content (AvgIpc) is 2.81. The van der Waals surface area contributed by atoms with Crippen molar-refractivity contribution in [2.75, 3.05) is 18.8 Å². The van der Waals surface area contributed by atoms with E-state index >= 15 is 0 Å². The molecular formula is C14H21N5. The molecule has 2 aromatic heterocycles. The number of hydrogen-bond donors (Lipinski definition) is 1. The van der Waals surface area contributed by atoms with Gasteiger partial charge in [-0.3, -0.25) is 0 Å². The van der Waals surface area contributed by atoms with E-state index in [4.69, 9.17) is 5.73 Å². The third-order valence-electron chi connectivity index (χ3n) is 4.03. The van der Waals surface area contributed by atoms with Crippen LogP contribution in [0.5, 0.6) is 0 Å². The molecule has 1 aliphatic rings. The Bertz CT molecular complexity index is 574. The van der Waals surface area contributed by atoms with Crippen LogP contribution in [0.15, 0.2) is 18.6 Å². The van der Waals surface area contributed by atoms with Crippen molar-refractivity contribution in [3.05, 3.63) is 24.2 Å². The lowest BCUT2D eigenvalue weighted by Gasteiger charge is -2.35. The van der Waals surface area contributed by atoms with Gasteiger partial charge in [-0.2, -0.15) is 5.10 Å². The maximum absolute atomic E-state index is 5.74. The highest BCUT2D eigenvalue weighted by Gasteiger charge is 2.25. The summed E-state index contributed by atoms with van der Waals surface area (Å²) in [5, 5.41) is 4.38. The van der Waals surface area contributed by atoms with E-state index in [1.807, 2.05) is 12.4 Å². The molecule has 5 heteroatoms. The van der Waals surface area contributed by atoms with Gasteiger partial charge < -0.3 is 10.6 Å². The quantitative estimate of drug-likeness (QED) is 0.895. The van der Waals surface area contributed by atoms with Crippen molar-refractivity contribution in [3.8, 4) is 0 Å². The predicted molar refractivity (Wildman–Crippen MR) is 76.1 cm³/mol. The van der Waals surface area contributed by atoms with Crippen molar-refractivity contribution in [1.29, 1.82) is 0 Å². The first kappa shape index (κ1) is 12.4. The van der Waals surface area contributed by atoms with Crippen molar-refractivity contribution in [2.45, 2.75) is 38.6 Å². The standard InChI is InChI=1S/C14H21N5/c1-10(2)18-5-3-4-11(8-18)13-7-17-19-9-12(15)6-16-14(13)19/h6-7,9-11H,3-5,8,15H2,1-2H3. The summed E-state index contributed by atoms with van der Waals surface area (Å²) < 4.78 is 1.79. The number of nitrogens with two attached hydrogens (primary N) is 1. The predicted octanol–water partition coefficient (Wildman–Crippen LogP) is 1.90. The minimum absolute atomic E-state index is 0.532. The Labute approximate surface area is 113 Å². The lowest BCUT2D eigenvalue weighted by atomic mass is 9.91. The Morgan fingerprint density at radius 3 is 3.00 bits per heavy atom. The number of aromatic nitrogens is 3. The van der Waals surface area contributed by atoms with E-state index < -0.39 is 0 Å². The molecule has 5 nitrogen and oxygen atoms in total. The molecule has 1 saturated heterocycles. The minimum Gasteiger partial charge on any atom is -0.396 e. The third kappa shape index (κ3) is 2.30. The number of nitrogens with zero attached hydrogens (tertiary/aromatic N) is 4. The molecule has 2 N–H and O–H groups in total. The van der Waals surface area contributed by atoms with Crippen LogP contribution in [0.25, 0.3) is 5.65 Å². The fraction of sp³-hybridized carbons (Fsp3) is 0.571. The van der Waals surface area contributed by atoms with Gasteiger partial charge in [0.05, 0.1) is 24.3 Å². The number of nitrogen functional groups attached to an aromatic ring is 1. The molecule has 0 aliphatic carbocycles. The Morgan fingerprint density at radius 1 is 1.37 bits per heavy atom. The fourth-order valence-electron chi connectivity index (χ4n) is 2.92. The summed E-state index contributed by atoms with van der Waals surface area (Å²) in [6.07, 6.45) is 7.96. The summed E-state index contributed by atoms with van der Waals surface area (Å²) in [4.78, 5) is 6.98. The first-order valence-electron chi connectivity index (χ1n) is 6.98. The normalized spacial score (nSPS) is 21.3. The van der Waals surface area contributed by atoms with E-state index in [9.17, 15) is 0 Å². The molecule has 0 amide bonds. The summed E-state index contributed by atoms with van der Waals surface area (Å²) in [6.45, 7) is 6.83. The van der Waals surface area contributed by atoms with E-state index in [-0.39, 0.29) is 0 Å². The summed E-state index contributed by atoms with van der Waals surface area (Å²) in [7, 11) is 0. The number of piperidine rings is 1. The maximum Gasteiger partial charge on any atom is 0.158 e. The van der Waals surface area contributed by atoms with Gasteiger partial charge >= 0.3 is 0 Å². The zero-order valence-electron chi connectivity index (χ0n) is 11.6. The molecule has 2 aromatic rings. The number of rotatable bonds is 2. The summed E-state index contributed by atoms with van der Waals surface area (Å²) in [6, 6.07) is 0.605. The van der Waals surface area contributed by atoms with Gasteiger partial charge in [-0.1, -0.05) is 0 Å². The van der Waals surface area contributed by atoms with Crippen LogP contribution in [0, 0.1) is 0 Å². The number of fused-ring (bicyclic) bond motifs is 1. The highest BCUT2D eigenvalue weighted by molar-refractivity contribution is 5.51. The molecule has 0 aromatic carbocycles. The molecule has 102 valence electrons. The molecule has 3 rings (SSSR count).